The molecule has 1 N–H and O–H groups in total. The Labute approximate surface area is 136 Å². The molecule has 0 saturated carbocycles. The molecule has 6 heteroatoms. The van der Waals surface area contributed by atoms with E-state index in [0.29, 0.717) is 30.4 Å². The summed E-state index contributed by atoms with van der Waals surface area (Å²) in [6, 6.07) is 6.81. The van der Waals surface area contributed by atoms with E-state index in [1.807, 2.05) is 6.07 Å². The Balaban J connectivity index is 1.58. The number of hydrogen-bond acceptors (Lipinski definition) is 5. The Bertz CT molecular complexity index is 648. The summed E-state index contributed by atoms with van der Waals surface area (Å²) in [4.78, 5) is 6.79. The lowest BCUT2D eigenvalue weighted by molar-refractivity contribution is 0.444. The zero-order valence-electron chi connectivity index (χ0n) is 13.4. The molecule has 1 aliphatic rings. The van der Waals surface area contributed by atoms with Crippen molar-refractivity contribution in [3.63, 3.8) is 0 Å². The molecule has 23 heavy (non-hydrogen) atoms. The number of benzene rings is 1. The molecule has 0 spiro atoms. The zero-order valence-corrected chi connectivity index (χ0v) is 13.4. The van der Waals surface area contributed by atoms with Crippen molar-refractivity contribution in [3.8, 4) is 0 Å². The molecule has 3 rings (SSSR count). The third-order valence-corrected chi connectivity index (χ3v) is 4.16. The van der Waals surface area contributed by atoms with Gasteiger partial charge in [0.25, 0.3) is 0 Å². The molecule has 2 heterocycles. The molecule has 0 aliphatic carbocycles. The first-order valence-electron chi connectivity index (χ1n) is 8.14. The highest BCUT2D eigenvalue weighted by Crippen LogP contribution is 2.20. The maximum atomic E-state index is 13.6. The van der Waals surface area contributed by atoms with E-state index in [2.05, 4.69) is 32.3 Å². The van der Waals surface area contributed by atoms with Crippen LogP contribution in [0.4, 0.5) is 16.2 Å². The minimum atomic E-state index is -0.176. The second kappa shape index (κ2) is 7.35. The van der Waals surface area contributed by atoms with Crippen LogP contribution in [0, 0.1) is 11.7 Å². The maximum Gasteiger partial charge on any atom is 0.244 e. The Hall–Kier alpha value is -2.24. The van der Waals surface area contributed by atoms with Crippen molar-refractivity contribution in [1.82, 2.24) is 15.2 Å². The number of nitrogens with zero attached hydrogens (tertiary/aromatic N) is 4. The minimum Gasteiger partial charge on any atom is -0.355 e. The molecule has 2 aromatic rings. The Morgan fingerprint density at radius 3 is 3.04 bits per heavy atom. The standard InChI is InChI=1S/C17H22FN5/c1-13-5-4-10-23(12-13)16-11-20-22-17(21-16)19-9-8-14-6-2-3-7-15(14)18/h2-3,6-7,11,13H,4-5,8-10,12H2,1H3,(H,19,21,22). The van der Waals surface area contributed by atoms with Crippen LogP contribution in [0.25, 0.3) is 0 Å². The van der Waals surface area contributed by atoms with E-state index < -0.39 is 0 Å². The van der Waals surface area contributed by atoms with Gasteiger partial charge >= 0.3 is 0 Å². The van der Waals surface area contributed by atoms with E-state index in [-0.39, 0.29) is 5.82 Å². The van der Waals surface area contributed by atoms with Crippen LogP contribution in [-0.2, 0) is 6.42 Å². The van der Waals surface area contributed by atoms with Gasteiger partial charge in [-0.2, -0.15) is 10.1 Å². The summed E-state index contributed by atoms with van der Waals surface area (Å²) in [5.41, 5.74) is 0.689. The molecule has 0 amide bonds. The summed E-state index contributed by atoms with van der Waals surface area (Å²) in [6.45, 7) is 4.85. The molecule has 1 unspecified atom stereocenters. The van der Waals surface area contributed by atoms with E-state index >= 15 is 0 Å². The summed E-state index contributed by atoms with van der Waals surface area (Å²) in [5.74, 6) is 1.86. The summed E-state index contributed by atoms with van der Waals surface area (Å²) >= 11 is 0. The van der Waals surface area contributed by atoms with E-state index in [9.17, 15) is 4.39 Å². The van der Waals surface area contributed by atoms with Crippen molar-refractivity contribution < 1.29 is 4.39 Å². The molecule has 0 radical (unpaired) electrons. The van der Waals surface area contributed by atoms with Crippen LogP contribution in [-0.4, -0.2) is 34.8 Å². The lowest BCUT2D eigenvalue weighted by atomic mass is 10.0. The monoisotopic (exact) mass is 315 g/mol. The highest BCUT2D eigenvalue weighted by atomic mass is 19.1. The largest absolute Gasteiger partial charge is 0.355 e. The van der Waals surface area contributed by atoms with Crippen LogP contribution >= 0.6 is 0 Å². The molecule has 1 aromatic carbocycles. The Morgan fingerprint density at radius 2 is 2.22 bits per heavy atom. The summed E-state index contributed by atoms with van der Waals surface area (Å²) in [7, 11) is 0. The van der Waals surface area contributed by atoms with Crippen molar-refractivity contribution in [2.45, 2.75) is 26.2 Å². The predicted octanol–water partition coefficient (Wildman–Crippen LogP) is 2.90. The fourth-order valence-corrected chi connectivity index (χ4v) is 2.93. The molecule has 1 saturated heterocycles. The maximum absolute atomic E-state index is 13.6. The smallest absolute Gasteiger partial charge is 0.244 e. The first kappa shape index (κ1) is 15.6. The first-order valence-corrected chi connectivity index (χ1v) is 8.14. The Morgan fingerprint density at radius 1 is 1.35 bits per heavy atom. The molecule has 1 aliphatic heterocycles. The van der Waals surface area contributed by atoms with Gasteiger partial charge in [0.2, 0.25) is 5.95 Å². The molecule has 1 aromatic heterocycles. The molecular weight excluding hydrogens is 293 g/mol. The Kier molecular flexibility index (Phi) is 5.00. The number of anilines is 2. The van der Waals surface area contributed by atoms with E-state index in [1.165, 1.54) is 18.9 Å². The van der Waals surface area contributed by atoms with Crippen molar-refractivity contribution >= 4 is 11.8 Å². The van der Waals surface area contributed by atoms with Gasteiger partial charge in [-0.1, -0.05) is 25.1 Å². The van der Waals surface area contributed by atoms with Gasteiger partial charge in [-0.15, -0.1) is 5.10 Å². The number of piperidine rings is 1. The number of halogens is 1. The third kappa shape index (κ3) is 4.15. The number of hydrogen-bond donors (Lipinski definition) is 1. The predicted molar refractivity (Wildman–Crippen MR) is 89.0 cm³/mol. The minimum absolute atomic E-state index is 0.176. The molecule has 1 fully saturated rings. The fourth-order valence-electron chi connectivity index (χ4n) is 2.93. The highest BCUT2D eigenvalue weighted by molar-refractivity contribution is 5.40. The number of nitrogens with one attached hydrogen (secondary N) is 1. The van der Waals surface area contributed by atoms with Crippen molar-refractivity contribution in [2.24, 2.45) is 5.92 Å². The lowest BCUT2D eigenvalue weighted by Gasteiger charge is -2.31. The van der Waals surface area contributed by atoms with Gasteiger partial charge in [0.05, 0.1) is 6.20 Å². The van der Waals surface area contributed by atoms with Crippen LogP contribution < -0.4 is 10.2 Å². The quantitative estimate of drug-likeness (QED) is 0.919. The summed E-state index contributed by atoms with van der Waals surface area (Å²) < 4.78 is 13.6. The van der Waals surface area contributed by atoms with Gasteiger partial charge < -0.3 is 10.2 Å². The molecular formula is C17H22FN5. The number of aromatic nitrogens is 3. The van der Waals surface area contributed by atoms with Gasteiger partial charge in [-0.25, -0.2) is 4.39 Å². The average molecular weight is 315 g/mol. The topological polar surface area (TPSA) is 53.9 Å². The zero-order chi connectivity index (χ0) is 16.1. The van der Waals surface area contributed by atoms with E-state index in [1.54, 1.807) is 18.3 Å². The van der Waals surface area contributed by atoms with Crippen molar-refractivity contribution in [3.05, 3.63) is 41.8 Å². The molecule has 1 atom stereocenters. The molecule has 5 nitrogen and oxygen atoms in total. The van der Waals surface area contributed by atoms with Crippen molar-refractivity contribution in [1.29, 1.82) is 0 Å². The summed E-state index contributed by atoms with van der Waals surface area (Å²) in [6.07, 6.45) is 4.74. The SMILES string of the molecule is CC1CCCN(c2cnnc(NCCc3ccccc3F)n2)C1. The van der Waals surface area contributed by atoms with Crippen LogP contribution in [0.3, 0.4) is 0 Å². The highest BCUT2D eigenvalue weighted by Gasteiger charge is 2.18. The van der Waals surface area contributed by atoms with Gasteiger partial charge in [-0.05, 0) is 36.8 Å². The second-order valence-corrected chi connectivity index (χ2v) is 6.10. The average Bonchev–Trinajstić information content (AvgIpc) is 2.57. The molecule has 122 valence electrons. The normalized spacial score (nSPS) is 18.0. The van der Waals surface area contributed by atoms with Crippen LogP contribution in [0.5, 0.6) is 0 Å². The van der Waals surface area contributed by atoms with Gasteiger partial charge in [0.1, 0.15) is 5.82 Å². The second-order valence-electron chi connectivity index (χ2n) is 6.10. The first-order chi connectivity index (χ1) is 11.2. The van der Waals surface area contributed by atoms with E-state index in [0.717, 1.165) is 18.9 Å². The van der Waals surface area contributed by atoms with Crippen molar-refractivity contribution in [2.75, 3.05) is 29.9 Å². The molecule has 0 bridgehead atoms. The lowest BCUT2D eigenvalue weighted by Crippen LogP contribution is -2.35. The third-order valence-electron chi connectivity index (χ3n) is 4.16. The fraction of sp³-hybridized carbons (Fsp3) is 0.471. The van der Waals surface area contributed by atoms with Gasteiger partial charge in [-0.3, -0.25) is 0 Å². The van der Waals surface area contributed by atoms with E-state index in [4.69, 9.17) is 0 Å². The van der Waals surface area contributed by atoms with Gasteiger partial charge in [0, 0.05) is 19.6 Å². The summed E-state index contributed by atoms with van der Waals surface area (Å²) in [5, 5.41) is 11.2. The van der Waals surface area contributed by atoms with Crippen LogP contribution in [0.2, 0.25) is 0 Å². The number of rotatable bonds is 5. The van der Waals surface area contributed by atoms with Gasteiger partial charge in [0.15, 0.2) is 5.82 Å². The van der Waals surface area contributed by atoms with Crippen LogP contribution in [0.15, 0.2) is 30.5 Å². The van der Waals surface area contributed by atoms with Crippen LogP contribution in [0.1, 0.15) is 25.3 Å².